The molecule has 2 aromatic rings. The molecule has 0 aliphatic heterocycles. The van der Waals surface area contributed by atoms with Gasteiger partial charge in [-0.1, -0.05) is 0 Å². The van der Waals surface area contributed by atoms with Gasteiger partial charge in [-0.05, 0) is 19.1 Å². The molecule has 5 nitrogen and oxygen atoms in total. The largest absolute Gasteiger partial charge is 0.476 e. The van der Waals surface area contributed by atoms with Crippen molar-refractivity contribution in [2.24, 2.45) is 0 Å². The first kappa shape index (κ1) is 9.39. The van der Waals surface area contributed by atoms with Crippen molar-refractivity contribution < 1.29 is 9.90 Å². The average Bonchev–Trinajstić information content (AvgIpc) is 2.64. The van der Waals surface area contributed by atoms with Crippen molar-refractivity contribution in [3.8, 4) is 5.69 Å². The smallest absolute Gasteiger partial charge is 0.356 e. The lowest BCUT2D eigenvalue weighted by atomic mass is 10.3. The molecule has 0 amide bonds. The van der Waals surface area contributed by atoms with Crippen LogP contribution in [0.3, 0.4) is 0 Å². The van der Waals surface area contributed by atoms with Gasteiger partial charge in [-0.15, -0.1) is 0 Å². The first-order valence-corrected chi connectivity index (χ1v) is 4.39. The Bertz CT molecular complexity index is 505. The van der Waals surface area contributed by atoms with E-state index in [0.717, 1.165) is 5.82 Å². The zero-order valence-corrected chi connectivity index (χ0v) is 8.08. The molecule has 5 heteroatoms. The van der Waals surface area contributed by atoms with Crippen LogP contribution in [0, 0.1) is 6.92 Å². The summed E-state index contributed by atoms with van der Waals surface area (Å²) in [6.45, 7) is 1.80. The maximum Gasteiger partial charge on any atom is 0.356 e. The van der Waals surface area contributed by atoms with Gasteiger partial charge >= 0.3 is 5.97 Å². The van der Waals surface area contributed by atoms with Crippen LogP contribution in [0.1, 0.15) is 16.3 Å². The van der Waals surface area contributed by atoms with E-state index in [0.29, 0.717) is 5.69 Å². The number of hydrogen-bond donors (Lipinski definition) is 1. The highest BCUT2D eigenvalue weighted by Gasteiger charge is 2.13. The summed E-state index contributed by atoms with van der Waals surface area (Å²) >= 11 is 0. The van der Waals surface area contributed by atoms with Gasteiger partial charge in [-0.2, -0.15) is 0 Å². The molecular formula is C10H9N3O2. The van der Waals surface area contributed by atoms with Crippen LogP contribution in [-0.2, 0) is 0 Å². The average molecular weight is 203 g/mol. The van der Waals surface area contributed by atoms with Crippen molar-refractivity contribution >= 4 is 5.97 Å². The van der Waals surface area contributed by atoms with Crippen LogP contribution in [0.25, 0.3) is 5.69 Å². The lowest BCUT2D eigenvalue weighted by Gasteiger charge is -2.06. The molecule has 2 rings (SSSR count). The van der Waals surface area contributed by atoms with Crippen LogP contribution in [0.5, 0.6) is 0 Å². The second-order valence-corrected chi connectivity index (χ2v) is 3.02. The summed E-state index contributed by atoms with van der Waals surface area (Å²) in [5.74, 6) is -0.316. The lowest BCUT2D eigenvalue weighted by molar-refractivity contribution is 0.0690. The van der Waals surface area contributed by atoms with E-state index < -0.39 is 5.97 Å². The molecule has 0 atom stereocenters. The fourth-order valence-electron chi connectivity index (χ4n) is 1.39. The van der Waals surface area contributed by atoms with Gasteiger partial charge in [0.05, 0.1) is 5.69 Å². The third-order valence-electron chi connectivity index (χ3n) is 2.07. The molecule has 0 saturated carbocycles. The van der Waals surface area contributed by atoms with E-state index in [1.54, 1.807) is 36.0 Å². The number of imidazole rings is 1. The van der Waals surface area contributed by atoms with E-state index in [9.17, 15) is 4.79 Å². The molecule has 0 aliphatic rings. The van der Waals surface area contributed by atoms with Crippen LogP contribution in [0.15, 0.2) is 30.7 Å². The summed E-state index contributed by atoms with van der Waals surface area (Å²) in [4.78, 5) is 18.8. The molecular weight excluding hydrogens is 194 g/mol. The standard InChI is InChI=1S/C10H9N3O2/c1-7-11-5-6-13(7)8-3-2-4-12-9(8)10(14)15/h2-6H,1H3,(H,14,15). The van der Waals surface area contributed by atoms with E-state index in [-0.39, 0.29) is 5.69 Å². The quantitative estimate of drug-likeness (QED) is 0.798. The summed E-state index contributed by atoms with van der Waals surface area (Å²) in [6, 6.07) is 3.40. The minimum absolute atomic E-state index is 0.0265. The van der Waals surface area contributed by atoms with Gasteiger partial charge in [-0.25, -0.2) is 14.8 Å². The number of aromatic nitrogens is 3. The van der Waals surface area contributed by atoms with E-state index in [2.05, 4.69) is 9.97 Å². The summed E-state index contributed by atoms with van der Waals surface area (Å²) in [5, 5.41) is 8.96. The maximum atomic E-state index is 10.9. The normalized spacial score (nSPS) is 10.2. The SMILES string of the molecule is Cc1nccn1-c1cccnc1C(=O)O. The fraction of sp³-hybridized carbons (Fsp3) is 0.100. The van der Waals surface area contributed by atoms with Crippen molar-refractivity contribution in [1.29, 1.82) is 0 Å². The molecule has 0 aromatic carbocycles. The fourth-order valence-corrected chi connectivity index (χ4v) is 1.39. The zero-order chi connectivity index (χ0) is 10.8. The van der Waals surface area contributed by atoms with Crippen molar-refractivity contribution in [2.75, 3.05) is 0 Å². The van der Waals surface area contributed by atoms with Crippen LogP contribution in [-0.4, -0.2) is 25.6 Å². The Labute approximate surface area is 86.0 Å². The van der Waals surface area contributed by atoms with E-state index in [1.165, 1.54) is 6.20 Å². The highest BCUT2D eigenvalue weighted by Crippen LogP contribution is 2.13. The summed E-state index contributed by atoms with van der Waals surface area (Å²) in [5.41, 5.74) is 0.554. The first-order valence-electron chi connectivity index (χ1n) is 4.39. The molecule has 0 fully saturated rings. The Kier molecular flexibility index (Phi) is 2.21. The molecule has 2 heterocycles. The molecule has 0 saturated heterocycles. The van der Waals surface area contributed by atoms with Gasteiger partial charge in [-0.3, -0.25) is 0 Å². The highest BCUT2D eigenvalue weighted by atomic mass is 16.4. The third-order valence-corrected chi connectivity index (χ3v) is 2.07. The van der Waals surface area contributed by atoms with E-state index in [4.69, 9.17) is 5.11 Å². The number of nitrogens with zero attached hydrogens (tertiary/aromatic N) is 3. The van der Waals surface area contributed by atoms with Gasteiger partial charge in [0.15, 0.2) is 5.69 Å². The number of carbonyl (C=O) groups is 1. The van der Waals surface area contributed by atoms with Crippen LogP contribution >= 0.6 is 0 Å². The number of carboxylic acid groups (broad SMARTS) is 1. The zero-order valence-electron chi connectivity index (χ0n) is 8.08. The molecule has 2 aromatic heterocycles. The number of aryl methyl sites for hydroxylation is 1. The molecule has 15 heavy (non-hydrogen) atoms. The Morgan fingerprint density at radius 2 is 2.20 bits per heavy atom. The van der Waals surface area contributed by atoms with E-state index in [1.807, 2.05) is 0 Å². The Hall–Kier alpha value is -2.17. The van der Waals surface area contributed by atoms with Crippen molar-refractivity contribution in [2.45, 2.75) is 6.92 Å². The van der Waals surface area contributed by atoms with Crippen molar-refractivity contribution in [1.82, 2.24) is 14.5 Å². The first-order chi connectivity index (χ1) is 7.20. The van der Waals surface area contributed by atoms with Crippen LogP contribution < -0.4 is 0 Å². The van der Waals surface area contributed by atoms with Crippen LogP contribution in [0.2, 0.25) is 0 Å². The van der Waals surface area contributed by atoms with Crippen molar-refractivity contribution in [3.05, 3.63) is 42.2 Å². The summed E-state index contributed by atoms with van der Waals surface area (Å²) in [6.07, 6.45) is 4.78. The monoisotopic (exact) mass is 203 g/mol. The Morgan fingerprint density at radius 3 is 2.80 bits per heavy atom. The van der Waals surface area contributed by atoms with Gasteiger partial charge in [0.1, 0.15) is 5.82 Å². The maximum absolute atomic E-state index is 10.9. The minimum atomic E-state index is -1.04. The molecule has 0 aliphatic carbocycles. The Balaban J connectivity index is 2.63. The molecule has 1 N–H and O–H groups in total. The molecule has 0 unspecified atom stereocenters. The molecule has 0 bridgehead atoms. The number of hydrogen-bond acceptors (Lipinski definition) is 3. The van der Waals surface area contributed by atoms with Gasteiger partial charge in [0.25, 0.3) is 0 Å². The second-order valence-electron chi connectivity index (χ2n) is 3.02. The van der Waals surface area contributed by atoms with Gasteiger partial charge in [0.2, 0.25) is 0 Å². The highest BCUT2D eigenvalue weighted by molar-refractivity contribution is 5.89. The molecule has 76 valence electrons. The predicted octanol–water partition coefficient (Wildman–Crippen LogP) is 1.27. The third kappa shape index (κ3) is 1.59. The van der Waals surface area contributed by atoms with Gasteiger partial charge < -0.3 is 9.67 Å². The number of carboxylic acids is 1. The lowest BCUT2D eigenvalue weighted by Crippen LogP contribution is -2.08. The minimum Gasteiger partial charge on any atom is -0.476 e. The summed E-state index contributed by atoms with van der Waals surface area (Å²) in [7, 11) is 0. The van der Waals surface area contributed by atoms with Gasteiger partial charge in [0, 0.05) is 18.6 Å². The topological polar surface area (TPSA) is 68.0 Å². The molecule has 0 spiro atoms. The Morgan fingerprint density at radius 1 is 1.40 bits per heavy atom. The van der Waals surface area contributed by atoms with Crippen molar-refractivity contribution in [3.63, 3.8) is 0 Å². The number of pyridine rings is 1. The summed E-state index contributed by atoms with van der Waals surface area (Å²) < 4.78 is 1.69. The molecule has 0 radical (unpaired) electrons. The number of aromatic carboxylic acids is 1. The predicted molar refractivity (Wildman–Crippen MR) is 53.1 cm³/mol. The number of rotatable bonds is 2. The van der Waals surface area contributed by atoms with E-state index >= 15 is 0 Å². The second kappa shape index (κ2) is 3.53. The van der Waals surface area contributed by atoms with Crippen LogP contribution in [0.4, 0.5) is 0 Å².